The molecule has 21 heavy (non-hydrogen) atoms. The summed E-state index contributed by atoms with van der Waals surface area (Å²) in [6.07, 6.45) is 4.20. The monoisotopic (exact) mass is 307 g/mol. The molecular weight excluding hydrogens is 290 g/mol. The minimum Gasteiger partial charge on any atom is -0.486 e. The van der Waals surface area contributed by atoms with E-state index in [1.165, 1.54) is 16.8 Å². The Balaban J connectivity index is 1.61. The molecule has 0 saturated carbocycles. The zero-order valence-corrected chi connectivity index (χ0v) is 12.6. The van der Waals surface area contributed by atoms with Crippen LogP contribution in [-0.2, 0) is 13.0 Å². The first-order valence-corrected chi connectivity index (χ1v) is 8.02. The number of benzene rings is 1. The van der Waals surface area contributed by atoms with Gasteiger partial charge < -0.3 is 19.3 Å². The normalized spacial score (nSPS) is 13.4. The zero-order valence-electron chi connectivity index (χ0n) is 11.8. The van der Waals surface area contributed by atoms with Crippen LogP contribution >= 0.6 is 11.8 Å². The number of hydrogen-bond acceptors (Lipinski definition) is 7. The molecule has 0 fully saturated rings. The predicted octanol–water partition coefficient (Wildman–Crippen LogP) is 1.89. The molecule has 1 aromatic carbocycles. The van der Waals surface area contributed by atoms with E-state index >= 15 is 0 Å². The molecule has 7 heteroatoms. The van der Waals surface area contributed by atoms with Crippen molar-refractivity contribution in [2.45, 2.75) is 17.9 Å². The minimum absolute atomic E-state index is 0.607. The van der Waals surface area contributed by atoms with Crippen molar-refractivity contribution in [1.29, 1.82) is 0 Å². The number of fused-ring (bicyclic) bond motifs is 1. The second-order valence-electron chi connectivity index (χ2n) is 4.57. The van der Waals surface area contributed by atoms with Crippen molar-refractivity contribution in [1.82, 2.24) is 15.5 Å². The smallest absolute Gasteiger partial charge is 0.227 e. The number of thioether (sulfide) groups is 1. The molecule has 2 heterocycles. The number of nitrogens with zero attached hydrogens (tertiary/aromatic N) is 2. The van der Waals surface area contributed by atoms with Crippen LogP contribution in [0.15, 0.2) is 27.9 Å². The van der Waals surface area contributed by atoms with Crippen LogP contribution in [-0.4, -0.2) is 36.2 Å². The molecule has 3 rings (SSSR count). The van der Waals surface area contributed by atoms with Gasteiger partial charge in [-0.2, -0.15) is 4.98 Å². The first-order valence-electron chi connectivity index (χ1n) is 6.79. The molecule has 0 aliphatic carbocycles. The van der Waals surface area contributed by atoms with Crippen molar-refractivity contribution < 1.29 is 14.0 Å². The summed E-state index contributed by atoms with van der Waals surface area (Å²) in [7, 11) is 0. The zero-order chi connectivity index (χ0) is 14.5. The fourth-order valence-electron chi connectivity index (χ4n) is 2.16. The molecule has 0 unspecified atom stereocenters. The van der Waals surface area contributed by atoms with Crippen LogP contribution in [0.4, 0.5) is 0 Å². The molecule has 2 aromatic rings. The molecule has 112 valence electrons. The SMILES string of the molecule is CSc1cc2c(cc1CNCCc1ncno1)OCCO2. The van der Waals surface area contributed by atoms with Crippen molar-refractivity contribution in [2.75, 3.05) is 26.0 Å². The molecule has 0 radical (unpaired) electrons. The van der Waals surface area contributed by atoms with E-state index in [0.29, 0.717) is 19.1 Å². The lowest BCUT2D eigenvalue weighted by molar-refractivity contribution is 0.171. The summed E-state index contributed by atoms with van der Waals surface area (Å²) in [5.41, 5.74) is 1.21. The highest BCUT2D eigenvalue weighted by Gasteiger charge is 2.15. The van der Waals surface area contributed by atoms with Gasteiger partial charge in [0.15, 0.2) is 17.8 Å². The standard InChI is InChI=1S/C14H17N3O3S/c1-21-13-7-12-11(18-4-5-19-12)6-10(13)8-15-3-2-14-16-9-17-20-14/h6-7,9,15H,2-5,8H2,1H3. The molecule has 1 N–H and O–H groups in total. The van der Waals surface area contributed by atoms with E-state index in [2.05, 4.69) is 27.8 Å². The van der Waals surface area contributed by atoms with Crippen molar-refractivity contribution in [3.05, 3.63) is 29.9 Å². The van der Waals surface area contributed by atoms with Crippen molar-refractivity contribution in [3.8, 4) is 11.5 Å². The highest BCUT2D eigenvalue weighted by molar-refractivity contribution is 7.98. The topological polar surface area (TPSA) is 69.4 Å². The Morgan fingerprint density at radius 2 is 2.05 bits per heavy atom. The summed E-state index contributed by atoms with van der Waals surface area (Å²) in [6, 6.07) is 4.11. The van der Waals surface area contributed by atoms with Crippen LogP contribution in [0.5, 0.6) is 11.5 Å². The Morgan fingerprint density at radius 1 is 1.24 bits per heavy atom. The average Bonchev–Trinajstić information content (AvgIpc) is 3.04. The lowest BCUT2D eigenvalue weighted by Crippen LogP contribution is -2.19. The Labute approximate surface area is 127 Å². The lowest BCUT2D eigenvalue weighted by Gasteiger charge is -2.20. The lowest BCUT2D eigenvalue weighted by atomic mass is 10.2. The highest BCUT2D eigenvalue weighted by atomic mass is 32.2. The third kappa shape index (κ3) is 3.48. The molecule has 0 atom stereocenters. The van der Waals surface area contributed by atoms with Crippen LogP contribution in [0.1, 0.15) is 11.5 Å². The van der Waals surface area contributed by atoms with Crippen molar-refractivity contribution >= 4 is 11.8 Å². The summed E-state index contributed by atoms with van der Waals surface area (Å²) in [5.74, 6) is 2.31. The van der Waals surface area contributed by atoms with Crippen molar-refractivity contribution in [3.63, 3.8) is 0 Å². The molecule has 1 aliphatic rings. The quantitative estimate of drug-likeness (QED) is 0.645. The maximum absolute atomic E-state index is 5.63. The molecule has 0 saturated heterocycles. The Hall–Kier alpha value is -1.73. The third-order valence-electron chi connectivity index (χ3n) is 3.18. The summed E-state index contributed by atoms with van der Waals surface area (Å²) in [4.78, 5) is 5.19. The summed E-state index contributed by atoms with van der Waals surface area (Å²) >= 11 is 1.71. The van der Waals surface area contributed by atoms with Gasteiger partial charge in [-0.05, 0) is 24.0 Å². The molecule has 0 spiro atoms. The van der Waals surface area contributed by atoms with Gasteiger partial charge in [-0.1, -0.05) is 5.16 Å². The second-order valence-corrected chi connectivity index (χ2v) is 5.42. The van der Waals surface area contributed by atoms with Gasteiger partial charge in [-0.25, -0.2) is 0 Å². The number of hydrogen-bond donors (Lipinski definition) is 1. The van der Waals surface area contributed by atoms with Crippen LogP contribution in [0.2, 0.25) is 0 Å². The van der Waals surface area contributed by atoms with Crippen LogP contribution < -0.4 is 14.8 Å². The van der Waals surface area contributed by atoms with Gasteiger partial charge in [0.2, 0.25) is 5.89 Å². The van der Waals surface area contributed by atoms with Gasteiger partial charge in [-0.15, -0.1) is 11.8 Å². The van der Waals surface area contributed by atoms with E-state index in [0.717, 1.165) is 31.0 Å². The van der Waals surface area contributed by atoms with Crippen LogP contribution in [0, 0.1) is 0 Å². The number of ether oxygens (including phenoxy) is 2. The van der Waals surface area contributed by atoms with Crippen molar-refractivity contribution in [2.24, 2.45) is 0 Å². The summed E-state index contributed by atoms with van der Waals surface area (Å²) in [6.45, 7) is 2.77. The van der Waals surface area contributed by atoms with Crippen LogP contribution in [0.25, 0.3) is 0 Å². The number of aromatic nitrogens is 2. The van der Waals surface area contributed by atoms with E-state index in [9.17, 15) is 0 Å². The maximum atomic E-state index is 5.63. The predicted molar refractivity (Wildman–Crippen MR) is 78.9 cm³/mol. The van der Waals surface area contributed by atoms with E-state index in [4.69, 9.17) is 14.0 Å². The second kappa shape index (κ2) is 6.82. The minimum atomic E-state index is 0.607. The average molecular weight is 307 g/mol. The highest BCUT2D eigenvalue weighted by Crippen LogP contribution is 2.36. The van der Waals surface area contributed by atoms with Gasteiger partial charge >= 0.3 is 0 Å². The molecular formula is C14H17N3O3S. The number of rotatable bonds is 6. The molecule has 0 amide bonds. The van der Waals surface area contributed by atoms with Gasteiger partial charge in [0.25, 0.3) is 0 Å². The van der Waals surface area contributed by atoms with Gasteiger partial charge in [0, 0.05) is 24.4 Å². The molecule has 6 nitrogen and oxygen atoms in total. The number of nitrogens with one attached hydrogen (secondary N) is 1. The first kappa shape index (κ1) is 14.2. The molecule has 0 bridgehead atoms. The van der Waals surface area contributed by atoms with Gasteiger partial charge in [0.05, 0.1) is 0 Å². The van der Waals surface area contributed by atoms with Crippen LogP contribution in [0.3, 0.4) is 0 Å². The Morgan fingerprint density at radius 3 is 2.76 bits per heavy atom. The summed E-state index contributed by atoms with van der Waals surface area (Å²) in [5, 5.41) is 6.97. The first-order chi connectivity index (χ1) is 10.4. The van der Waals surface area contributed by atoms with Gasteiger partial charge in [0.1, 0.15) is 13.2 Å². The summed E-state index contributed by atoms with van der Waals surface area (Å²) < 4.78 is 16.2. The molecule has 1 aliphatic heterocycles. The largest absolute Gasteiger partial charge is 0.486 e. The van der Waals surface area contributed by atoms with E-state index < -0.39 is 0 Å². The van der Waals surface area contributed by atoms with E-state index in [1.54, 1.807) is 11.8 Å². The fourth-order valence-corrected chi connectivity index (χ4v) is 2.78. The fraction of sp³-hybridized carbons (Fsp3) is 0.429. The van der Waals surface area contributed by atoms with Gasteiger partial charge in [-0.3, -0.25) is 0 Å². The van der Waals surface area contributed by atoms with E-state index in [1.807, 2.05) is 6.07 Å². The van der Waals surface area contributed by atoms with E-state index in [-0.39, 0.29) is 0 Å². The molecule has 1 aromatic heterocycles. The maximum Gasteiger partial charge on any atom is 0.227 e. The Kier molecular flexibility index (Phi) is 4.62. The third-order valence-corrected chi connectivity index (χ3v) is 4.00. The Bertz CT molecular complexity index is 589.